The van der Waals surface area contributed by atoms with Gasteiger partial charge in [0, 0.05) is 23.8 Å². The quantitative estimate of drug-likeness (QED) is 0.492. The van der Waals surface area contributed by atoms with E-state index in [0.29, 0.717) is 11.7 Å². The van der Waals surface area contributed by atoms with Crippen LogP contribution in [-0.2, 0) is 0 Å². The molecule has 0 bridgehead atoms. The number of anilines is 2. The second-order valence-electron chi connectivity index (χ2n) is 7.43. The standard InChI is InChI=1S/C24H23N5O/c1-2-6-19(7-3-1)30-20-10-8-18(9-11-20)28-24-23-22(26-16-27-24)13-12-21(29-23)17-5-4-14-25-15-17/h1-3,6-13,16-17,25H,4-5,14-15H2,(H,26,27,28). The number of ether oxygens (including phenoxy) is 1. The van der Waals surface area contributed by atoms with Crippen LogP contribution in [-0.4, -0.2) is 28.0 Å². The summed E-state index contributed by atoms with van der Waals surface area (Å²) in [6.45, 7) is 2.06. The molecular formula is C24H23N5O. The first-order valence-electron chi connectivity index (χ1n) is 10.3. The monoisotopic (exact) mass is 397 g/mol. The molecule has 0 spiro atoms. The fourth-order valence-electron chi connectivity index (χ4n) is 3.75. The predicted molar refractivity (Wildman–Crippen MR) is 118 cm³/mol. The highest BCUT2D eigenvalue weighted by Gasteiger charge is 2.17. The molecule has 1 unspecified atom stereocenters. The predicted octanol–water partition coefficient (Wildman–Crippen LogP) is 5.03. The SMILES string of the molecule is c1ccc(Oc2ccc(Nc3ncnc4ccc(C5CCCNC5)nc34)cc2)cc1. The minimum absolute atomic E-state index is 0.436. The van der Waals surface area contributed by atoms with Gasteiger partial charge in [0.1, 0.15) is 23.3 Å². The molecule has 1 aliphatic heterocycles. The maximum Gasteiger partial charge on any atom is 0.160 e. The fourth-order valence-corrected chi connectivity index (χ4v) is 3.75. The molecular weight excluding hydrogens is 374 g/mol. The number of fused-ring (bicyclic) bond motifs is 1. The maximum absolute atomic E-state index is 5.87. The highest BCUT2D eigenvalue weighted by molar-refractivity contribution is 5.87. The number of para-hydroxylation sites is 1. The van der Waals surface area contributed by atoms with Gasteiger partial charge in [-0.05, 0) is 67.9 Å². The molecule has 4 aromatic rings. The van der Waals surface area contributed by atoms with E-state index in [0.717, 1.165) is 53.4 Å². The van der Waals surface area contributed by atoms with Gasteiger partial charge in [0.2, 0.25) is 0 Å². The molecule has 0 amide bonds. The van der Waals surface area contributed by atoms with E-state index in [2.05, 4.69) is 26.7 Å². The Morgan fingerprint density at radius 2 is 1.73 bits per heavy atom. The smallest absolute Gasteiger partial charge is 0.160 e. The molecule has 0 aliphatic carbocycles. The summed E-state index contributed by atoms with van der Waals surface area (Å²) >= 11 is 0. The molecule has 3 heterocycles. The number of rotatable bonds is 5. The number of piperidine rings is 1. The van der Waals surface area contributed by atoms with Crippen molar-refractivity contribution in [3.63, 3.8) is 0 Å². The Morgan fingerprint density at radius 3 is 2.53 bits per heavy atom. The van der Waals surface area contributed by atoms with Crippen molar-refractivity contribution in [2.45, 2.75) is 18.8 Å². The largest absolute Gasteiger partial charge is 0.457 e. The van der Waals surface area contributed by atoms with Crippen LogP contribution >= 0.6 is 0 Å². The average molecular weight is 397 g/mol. The zero-order chi connectivity index (χ0) is 20.2. The van der Waals surface area contributed by atoms with E-state index in [9.17, 15) is 0 Å². The van der Waals surface area contributed by atoms with Crippen molar-refractivity contribution in [2.24, 2.45) is 0 Å². The van der Waals surface area contributed by atoms with Crippen molar-refractivity contribution in [3.8, 4) is 11.5 Å². The third-order valence-corrected chi connectivity index (χ3v) is 5.31. The molecule has 1 saturated heterocycles. The number of nitrogens with zero attached hydrogens (tertiary/aromatic N) is 3. The summed E-state index contributed by atoms with van der Waals surface area (Å²) in [6, 6.07) is 21.7. The van der Waals surface area contributed by atoms with Crippen molar-refractivity contribution < 1.29 is 4.74 Å². The second-order valence-corrected chi connectivity index (χ2v) is 7.43. The molecule has 6 heteroatoms. The van der Waals surface area contributed by atoms with Crippen molar-refractivity contribution in [1.29, 1.82) is 0 Å². The highest BCUT2D eigenvalue weighted by Crippen LogP contribution is 2.28. The van der Waals surface area contributed by atoms with Crippen LogP contribution in [0, 0.1) is 0 Å². The Bertz CT molecular complexity index is 1130. The van der Waals surface area contributed by atoms with Crippen molar-refractivity contribution in [3.05, 3.63) is 78.8 Å². The number of aromatic nitrogens is 3. The van der Waals surface area contributed by atoms with Gasteiger partial charge < -0.3 is 15.4 Å². The number of pyridine rings is 1. The van der Waals surface area contributed by atoms with E-state index in [1.807, 2.05) is 60.7 Å². The molecule has 2 aromatic carbocycles. The summed E-state index contributed by atoms with van der Waals surface area (Å²) in [5.74, 6) is 2.74. The summed E-state index contributed by atoms with van der Waals surface area (Å²) in [5.41, 5.74) is 3.65. The minimum Gasteiger partial charge on any atom is -0.457 e. The maximum atomic E-state index is 5.87. The zero-order valence-electron chi connectivity index (χ0n) is 16.6. The van der Waals surface area contributed by atoms with Gasteiger partial charge in [-0.1, -0.05) is 18.2 Å². The molecule has 6 nitrogen and oxygen atoms in total. The van der Waals surface area contributed by atoms with E-state index in [1.165, 1.54) is 6.42 Å². The molecule has 0 saturated carbocycles. The van der Waals surface area contributed by atoms with Crippen molar-refractivity contribution in [1.82, 2.24) is 20.3 Å². The molecule has 5 rings (SSSR count). The van der Waals surface area contributed by atoms with Crippen molar-refractivity contribution in [2.75, 3.05) is 18.4 Å². The number of nitrogens with one attached hydrogen (secondary N) is 2. The van der Waals surface area contributed by atoms with Crippen LogP contribution in [0.2, 0.25) is 0 Å². The van der Waals surface area contributed by atoms with Gasteiger partial charge >= 0.3 is 0 Å². The Labute approximate surface area is 175 Å². The lowest BCUT2D eigenvalue weighted by atomic mass is 9.95. The van der Waals surface area contributed by atoms with E-state index in [1.54, 1.807) is 6.33 Å². The first-order valence-corrected chi connectivity index (χ1v) is 10.3. The third kappa shape index (κ3) is 4.09. The minimum atomic E-state index is 0.436. The van der Waals surface area contributed by atoms with Crippen LogP contribution in [0.25, 0.3) is 11.0 Å². The Balaban J connectivity index is 1.37. The average Bonchev–Trinajstić information content (AvgIpc) is 2.82. The third-order valence-electron chi connectivity index (χ3n) is 5.31. The molecule has 30 heavy (non-hydrogen) atoms. The fraction of sp³-hybridized carbons (Fsp3) is 0.208. The lowest BCUT2D eigenvalue weighted by Crippen LogP contribution is -2.28. The summed E-state index contributed by atoms with van der Waals surface area (Å²) in [4.78, 5) is 13.7. The van der Waals surface area contributed by atoms with Crippen LogP contribution in [0.4, 0.5) is 11.5 Å². The van der Waals surface area contributed by atoms with E-state index < -0.39 is 0 Å². The van der Waals surface area contributed by atoms with Crippen LogP contribution < -0.4 is 15.4 Å². The van der Waals surface area contributed by atoms with Gasteiger partial charge in [-0.2, -0.15) is 0 Å². The van der Waals surface area contributed by atoms with Gasteiger partial charge in [0.25, 0.3) is 0 Å². The molecule has 0 radical (unpaired) electrons. The highest BCUT2D eigenvalue weighted by atomic mass is 16.5. The van der Waals surface area contributed by atoms with E-state index in [-0.39, 0.29) is 0 Å². The lowest BCUT2D eigenvalue weighted by molar-refractivity contribution is 0.455. The number of benzene rings is 2. The molecule has 1 fully saturated rings. The van der Waals surface area contributed by atoms with Gasteiger partial charge in [-0.25, -0.2) is 15.0 Å². The first kappa shape index (κ1) is 18.5. The van der Waals surface area contributed by atoms with Crippen LogP contribution in [0.15, 0.2) is 73.1 Å². The molecule has 1 atom stereocenters. The number of hydrogen-bond acceptors (Lipinski definition) is 6. The van der Waals surface area contributed by atoms with Gasteiger partial charge in [0.05, 0.1) is 5.52 Å². The summed E-state index contributed by atoms with van der Waals surface area (Å²) in [5, 5.41) is 6.84. The Kier molecular flexibility index (Phi) is 5.23. The first-order chi connectivity index (χ1) is 14.8. The normalized spacial score (nSPS) is 16.3. The van der Waals surface area contributed by atoms with Crippen LogP contribution in [0.5, 0.6) is 11.5 Å². The topological polar surface area (TPSA) is 72.0 Å². The number of hydrogen-bond donors (Lipinski definition) is 2. The lowest BCUT2D eigenvalue weighted by Gasteiger charge is -2.22. The van der Waals surface area contributed by atoms with Crippen molar-refractivity contribution >= 4 is 22.5 Å². The van der Waals surface area contributed by atoms with E-state index >= 15 is 0 Å². The van der Waals surface area contributed by atoms with Crippen LogP contribution in [0.1, 0.15) is 24.5 Å². The van der Waals surface area contributed by atoms with Gasteiger partial charge in [-0.3, -0.25) is 0 Å². The van der Waals surface area contributed by atoms with Crippen LogP contribution in [0.3, 0.4) is 0 Å². The van der Waals surface area contributed by atoms with E-state index in [4.69, 9.17) is 9.72 Å². The Morgan fingerprint density at radius 1 is 0.900 bits per heavy atom. The molecule has 150 valence electrons. The molecule has 2 N–H and O–H groups in total. The summed E-state index contributed by atoms with van der Waals surface area (Å²) < 4.78 is 5.87. The zero-order valence-corrected chi connectivity index (χ0v) is 16.6. The summed E-state index contributed by atoms with van der Waals surface area (Å²) in [6.07, 6.45) is 3.91. The Hall–Kier alpha value is -3.51. The molecule has 1 aliphatic rings. The molecule has 2 aromatic heterocycles. The summed E-state index contributed by atoms with van der Waals surface area (Å²) in [7, 11) is 0. The van der Waals surface area contributed by atoms with Gasteiger partial charge in [-0.15, -0.1) is 0 Å². The second kappa shape index (κ2) is 8.47. The van der Waals surface area contributed by atoms with Gasteiger partial charge in [0.15, 0.2) is 5.82 Å².